The van der Waals surface area contributed by atoms with Gasteiger partial charge in [-0.05, 0) is 25.1 Å². The van der Waals surface area contributed by atoms with E-state index in [0.717, 1.165) is 18.2 Å². The maximum absolute atomic E-state index is 14.0. The monoisotopic (exact) mass is 514 g/mol. The number of rotatable bonds is 5. The van der Waals surface area contributed by atoms with E-state index in [2.05, 4.69) is 22.1 Å². The highest BCUT2D eigenvalue weighted by molar-refractivity contribution is 5.97. The molecule has 1 aliphatic rings. The Bertz CT molecular complexity index is 1210. The third-order valence-corrected chi connectivity index (χ3v) is 6.00. The number of likely N-dealkylation sites (N-methyl/N-ethyl adjacent to an activating group) is 1. The van der Waals surface area contributed by atoms with Crippen molar-refractivity contribution in [2.75, 3.05) is 32.1 Å². The van der Waals surface area contributed by atoms with Gasteiger partial charge >= 0.3 is 6.03 Å². The summed E-state index contributed by atoms with van der Waals surface area (Å²) in [6, 6.07) is 3.28. The van der Waals surface area contributed by atoms with Gasteiger partial charge in [0.2, 0.25) is 5.88 Å². The van der Waals surface area contributed by atoms with Crippen LogP contribution in [0.2, 0.25) is 0 Å². The number of hydrogen-bond donors (Lipinski definition) is 2. The first kappa shape index (κ1) is 27.9. The molecule has 1 aromatic carbocycles. The molecule has 0 bridgehead atoms. The second-order valence-electron chi connectivity index (χ2n) is 9.56. The van der Waals surface area contributed by atoms with Crippen LogP contribution in [0.4, 0.5) is 19.3 Å². The summed E-state index contributed by atoms with van der Waals surface area (Å²) >= 11 is 0. The molecule has 10 heteroatoms. The third kappa shape index (κ3) is 6.95. The van der Waals surface area contributed by atoms with E-state index in [-0.39, 0.29) is 54.6 Å². The predicted molar refractivity (Wildman–Crippen MR) is 135 cm³/mol. The van der Waals surface area contributed by atoms with Crippen LogP contribution in [-0.2, 0) is 0 Å². The number of aliphatic hydroxyl groups is 1. The number of pyridine rings is 1. The average molecular weight is 515 g/mol. The maximum Gasteiger partial charge on any atom is 0.321 e. The fourth-order valence-corrected chi connectivity index (χ4v) is 3.77. The lowest BCUT2D eigenvalue weighted by Crippen LogP contribution is -2.50. The van der Waals surface area contributed by atoms with Crippen molar-refractivity contribution < 1.29 is 28.2 Å². The SMILES string of the molecule is CC(C)C#Cc1cnc2c(c1)C(=O)N([C@@H](C)CO)C[C@H](C)[C@H](CN(C)C(=O)Nc1cc(F)ccc1F)O2. The van der Waals surface area contributed by atoms with Gasteiger partial charge in [0, 0.05) is 43.3 Å². The number of urea groups is 1. The van der Waals surface area contributed by atoms with E-state index in [1.165, 1.54) is 18.1 Å². The minimum Gasteiger partial charge on any atom is -0.472 e. The molecule has 3 atom stereocenters. The molecule has 0 spiro atoms. The molecule has 0 fully saturated rings. The number of amides is 3. The quantitative estimate of drug-likeness (QED) is 0.593. The number of anilines is 1. The van der Waals surface area contributed by atoms with Gasteiger partial charge in [0.25, 0.3) is 5.91 Å². The minimum atomic E-state index is -0.764. The summed E-state index contributed by atoms with van der Waals surface area (Å²) in [5.41, 5.74) is 0.487. The highest BCUT2D eigenvalue weighted by atomic mass is 19.1. The topological polar surface area (TPSA) is 95.0 Å². The molecule has 0 saturated carbocycles. The zero-order valence-corrected chi connectivity index (χ0v) is 21.6. The van der Waals surface area contributed by atoms with Crippen LogP contribution in [-0.4, -0.2) is 70.7 Å². The number of benzene rings is 1. The van der Waals surface area contributed by atoms with Crippen molar-refractivity contribution in [1.29, 1.82) is 0 Å². The highest BCUT2D eigenvalue weighted by Gasteiger charge is 2.34. The Kier molecular flexibility index (Phi) is 9.05. The number of ether oxygens (including phenoxy) is 1. The van der Waals surface area contributed by atoms with Gasteiger partial charge in [-0.1, -0.05) is 32.6 Å². The van der Waals surface area contributed by atoms with Crippen LogP contribution in [0, 0.1) is 35.3 Å². The molecule has 2 N–H and O–H groups in total. The Morgan fingerprint density at radius 2 is 2.05 bits per heavy atom. The van der Waals surface area contributed by atoms with Crippen LogP contribution in [0.15, 0.2) is 30.5 Å². The maximum atomic E-state index is 14.0. The fourth-order valence-electron chi connectivity index (χ4n) is 3.77. The number of carbonyl (C=O) groups excluding carboxylic acids is 2. The van der Waals surface area contributed by atoms with Crippen molar-refractivity contribution in [1.82, 2.24) is 14.8 Å². The number of nitrogens with one attached hydrogen (secondary N) is 1. The van der Waals surface area contributed by atoms with Crippen molar-refractivity contribution in [3.8, 4) is 17.7 Å². The van der Waals surface area contributed by atoms with Crippen molar-refractivity contribution >= 4 is 17.6 Å². The summed E-state index contributed by atoms with van der Waals surface area (Å²) in [7, 11) is 1.50. The van der Waals surface area contributed by atoms with E-state index in [9.17, 15) is 23.5 Å². The molecule has 198 valence electrons. The van der Waals surface area contributed by atoms with Crippen LogP contribution >= 0.6 is 0 Å². The molecule has 1 aromatic heterocycles. The number of halogens is 2. The molecule has 3 rings (SSSR count). The summed E-state index contributed by atoms with van der Waals surface area (Å²) < 4.78 is 33.7. The van der Waals surface area contributed by atoms with Gasteiger partial charge in [-0.15, -0.1) is 0 Å². The standard InChI is InChI=1S/C27H32F2N4O4/c1-16(2)6-7-19-10-21-25(30-12-19)37-24(17(3)13-33(26(21)35)18(4)15-34)14-32(5)27(36)31-23-11-20(28)8-9-22(23)29/h8-12,16-18,24,34H,13-15H2,1-5H3,(H,31,36)/t17-,18-,24-/m0/s1. The van der Waals surface area contributed by atoms with Crippen LogP contribution in [0.1, 0.15) is 43.6 Å². The average Bonchev–Trinajstić information content (AvgIpc) is 2.86. The van der Waals surface area contributed by atoms with Gasteiger partial charge in [0.15, 0.2) is 0 Å². The number of aliphatic hydroxyl groups excluding tert-OH is 1. The summed E-state index contributed by atoms with van der Waals surface area (Å²) in [5, 5.41) is 12.1. The fraction of sp³-hybridized carbons (Fsp3) is 0.444. The molecule has 0 radical (unpaired) electrons. The smallest absolute Gasteiger partial charge is 0.321 e. The third-order valence-electron chi connectivity index (χ3n) is 6.00. The van der Waals surface area contributed by atoms with Crippen molar-refractivity contribution in [3.05, 3.63) is 53.2 Å². The molecule has 37 heavy (non-hydrogen) atoms. The first-order valence-corrected chi connectivity index (χ1v) is 12.1. The summed E-state index contributed by atoms with van der Waals surface area (Å²) in [4.78, 5) is 33.4. The van der Waals surface area contributed by atoms with Crippen LogP contribution in [0.25, 0.3) is 0 Å². The second kappa shape index (κ2) is 12.0. The Balaban J connectivity index is 1.89. The Morgan fingerprint density at radius 3 is 2.73 bits per heavy atom. The Morgan fingerprint density at radius 1 is 1.32 bits per heavy atom. The highest BCUT2D eigenvalue weighted by Crippen LogP contribution is 2.27. The van der Waals surface area contributed by atoms with Gasteiger partial charge in [-0.2, -0.15) is 0 Å². The lowest BCUT2D eigenvalue weighted by molar-refractivity contribution is 0.0356. The van der Waals surface area contributed by atoms with Gasteiger partial charge in [0.05, 0.1) is 24.9 Å². The number of hydrogen-bond acceptors (Lipinski definition) is 5. The zero-order valence-electron chi connectivity index (χ0n) is 21.6. The summed E-state index contributed by atoms with van der Waals surface area (Å²) in [6.07, 6.45) is 0.918. The summed E-state index contributed by atoms with van der Waals surface area (Å²) in [6.45, 7) is 7.59. The number of aromatic nitrogens is 1. The molecule has 0 saturated heterocycles. The van der Waals surface area contributed by atoms with E-state index >= 15 is 0 Å². The number of fused-ring (bicyclic) bond motifs is 1. The van der Waals surface area contributed by atoms with E-state index in [0.29, 0.717) is 5.56 Å². The first-order valence-electron chi connectivity index (χ1n) is 12.1. The zero-order chi connectivity index (χ0) is 27.3. The largest absolute Gasteiger partial charge is 0.472 e. The van der Waals surface area contributed by atoms with E-state index in [1.54, 1.807) is 17.9 Å². The number of carbonyl (C=O) groups is 2. The van der Waals surface area contributed by atoms with Crippen LogP contribution in [0.3, 0.4) is 0 Å². The lowest BCUT2D eigenvalue weighted by Gasteiger charge is -2.37. The predicted octanol–water partition coefficient (Wildman–Crippen LogP) is 3.75. The normalized spacial score (nSPS) is 18.1. The molecule has 3 amide bonds. The van der Waals surface area contributed by atoms with Gasteiger partial charge in [-0.25, -0.2) is 18.6 Å². The van der Waals surface area contributed by atoms with E-state index in [4.69, 9.17) is 4.74 Å². The second-order valence-corrected chi connectivity index (χ2v) is 9.56. The molecular weight excluding hydrogens is 482 g/mol. The summed E-state index contributed by atoms with van der Waals surface area (Å²) in [5.74, 6) is 4.22. The molecule has 0 unspecified atom stereocenters. The Labute approximate surface area is 215 Å². The molecular formula is C27H32F2N4O4. The van der Waals surface area contributed by atoms with Crippen molar-refractivity contribution in [3.63, 3.8) is 0 Å². The number of nitrogens with zero attached hydrogens (tertiary/aromatic N) is 3. The van der Waals surface area contributed by atoms with E-state index < -0.39 is 29.8 Å². The van der Waals surface area contributed by atoms with Crippen LogP contribution in [0.5, 0.6) is 5.88 Å². The van der Waals surface area contributed by atoms with Crippen molar-refractivity contribution in [2.45, 2.75) is 39.8 Å². The molecule has 1 aliphatic heterocycles. The molecule has 0 aliphatic carbocycles. The van der Waals surface area contributed by atoms with Crippen LogP contribution < -0.4 is 10.1 Å². The van der Waals surface area contributed by atoms with Crippen molar-refractivity contribution in [2.24, 2.45) is 11.8 Å². The van der Waals surface area contributed by atoms with Gasteiger partial charge in [-0.3, -0.25) is 4.79 Å². The first-order chi connectivity index (χ1) is 17.5. The molecule has 8 nitrogen and oxygen atoms in total. The molecule has 2 aromatic rings. The van der Waals surface area contributed by atoms with Gasteiger partial charge in [0.1, 0.15) is 23.3 Å². The van der Waals surface area contributed by atoms with E-state index in [1.807, 2.05) is 20.8 Å². The Hall–Kier alpha value is -3.71. The lowest BCUT2D eigenvalue weighted by atomic mass is 10.00. The molecule has 2 heterocycles. The minimum absolute atomic E-state index is 0.0650. The van der Waals surface area contributed by atoms with Gasteiger partial charge < -0.3 is 25.0 Å².